The van der Waals surface area contributed by atoms with Gasteiger partial charge in [-0.05, 0) is 62.1 Å². The second kappa shape index (κ2) is 16.4. The summed E-state index contributed by atoms with van der Waals surface area (Å²) in [5.41, 5.74) is 1.65. The molecule has 45 heavy (non-hydrogen) atoms. The van der Waals surface area contributed by atoms with Gasteiger partial charge in [-0.3, -0.25) is 13.9 Å². The third-order valence-electron chi connectivity index (χ3n) is 8.11. The van der Waals surface area contributed by atoms with Crippen LogP contribution in [-0.2, 0) is 32.6 Å². The Bertz CT molecular complexity index is 1500. The number of rotatable bonds is 15. The highest BCUT2D eigenvalue weighted by atomic mass is 32.2. The number of benzene rings is 3. The number of carbonyl (C=O) groups excluding carboxylic acids is 2. The molecule has 1 N–H and O–H groups in total. The number of amides is 2. The molecule has 1 aliphatic carbocycles. The van der Waals surface area contributed by atoms with Crippen molar-refractivity contribution in [3.8, 4) is 5.75 Å². The number of sulfonamides is 1. The number of hydrogen-bond acceptors (Lipinski definition) is 5. The molecule has 8 nitrogen and oxygen atoms in total. The number of nitrogens with one attached hydrogen (secondary N) is 1. The molecule has 3 aromatic rings. The van der Waals surface area contributed by atoms with Crippen molar-refractivity contribution in [2.45, 2.75) is 76.9 Å². The zero-order valence-corrected chi connectivity index (χ0v) is 27.0. The topological polar surface area (TPSA) is 96.0 Å². The van der Waals surface area contributed by atoms with Crippen LogP contribution in [0.25, 0.3) is 0 Å². The minimum absolute atomic E-state index is 0.0283. The van der Waals surface area contributed by atoms with Crippen LogP contribution in [0.2, 0.25) is 0 Å². The molecule has 0 aromatic heterocycles. The van der Waals surface area contributed by atoms with Crippen LogP contribution in [0.4, 0.5) is 10.1 Å². The van der Waals surface area contributed by atoms with Crippen LogP contribution in [0.1, 0.15) is 63.0 Å². The summed E-state index contributed by atoms with van der Waals surface area (Å²) in [7, 11) is -3.65. The van der Waals surface area contributed by atoms with Gasteiger partial charge in [-0.25, -0.2) is 12.8 Å². The van der Waals surface area contributed by atoms with E-state index in [0.717, 1.165) is 43.9 Å². The maximum atomic E-state index is 14.9. The molecular weight excluding hydrogens is 593 g/mol. The Kier molecular flexibility index (Phi) is 12.4. The number of anilines is 1. The van der Waals surface area contributed by atoms with Gasteiger partial charge in [0, 0.05) is 37.5 Å². The highest BCUT2D eigenvalue weighted by Crippen LogP contribution is 2.24. The Balaban J connectivity index is 1.58. The lowest BCUT2D eigenvalue weighted by Gasteiger charge is -2.34. The molecule has 1 fully saturated rings. The van der Waals surface area contributed by atoms with Crippen LogP contribution in [0.3, 0.4) is 0 Å². The predicted molar refractivity (Wildman–Crippen MR) is 175 cm³/mol. The number of hydrogen-bond donors (Lipinski definition) is 1. The van der Waals surface area contributed by atoms with E-state index in [2.05, 4.69) is 5.32 Å². The highest BCUT2D eigenvalue weighted by molar-refractivity contribution is 7.92. The van der Waals surface area contributed by atoms with Crippen molar-refractivity contribution < 1.29 is 27.1 Å². The largest absolute Gasteiger partial charge is 0.494 e. The van der Waals surface area contributed by atoms with Gasteiger partial charge in [0.15, 0.2) is 0 Å². The van der Waals surface area contributed by atoms with Gasteiger partial charge in [0.1, 0.15) is 17.6 Å². The number of carbonyl (C=O) groups is 2. The van der Waals surface area contributed by atoms with Crippen molar-refractivity contribution in [3.63, 3.8) is 0 Å². The van der Waals surface area contributed by atoms with Gasteiger partial charge in [0.05, 0.1) is 18.6 Å². The molecule has 1 atom stereocenters. The molecule has 3 aromatic carbocycles. The zero-order valence-electron chi connectivity index (χ0n) is 26.2. The van der Waals surface area contributed by atoms with Gasteiger partial charge in [-0.15, -0.1) is 0 Å². The summed E-state index contributed by atoms with van der Waals surface area (Å²) in [6.07, 6.45) is 6.56. The maximum absolute atomic E-state index is 14.9. The summed E-state index contributed by atoms with van der Waals surface area (Å²) in [5, 5.41) is 3.18. The average Bonchev–Trinajstić information content (AvgIpc) is 3.03. The zero-order chi connectivity index (χ0) is 32.2. The molecule has 4 rings (SSSR count). The fraction of sp³-hybridized carbons (Fsp3) is 0.429. The van der Waals surface area contributed by atoms with E-state index in [1.165, 1.54) is 15.3 Å². The highest BCUT2D eigenvalue weighted by Gasteiger charge is 2.32. The van der Waals surface area contributed by atoms with E-state index in [9.17, 15) is 22.4 Å². The summed E-state index contributed by atoms with van der Waals surface area (Å²) in [6, 6.07) is 21.6. The normalized spacial score (nSPS) is 14.4. The van der Waals surface area contributed by atoms with Crippen molar-refractivity contribution in [1.29, 1.82) is 0 Å². The monoisotopic (exact) mass is 637 g/mol. The van der Waals surface area contributed by atoms with Gasteiger partial charge in [-0.1, -0.05) is 67.8 Å². The first-order chi connectivity index (χ1) is 21.7. The summed E-state index contributed by atoms with van der Waals surface area (Å²) >= 11 is 0. The molecule has 0 aliphatic heterocycles. The van der Waals surface area contributed by atoms with E-state index in [0.29, 0.717) is 23.6 Å². The Morgan fingerprint density at radius 2 is 1.62 bits per heavy atom. The van der Waals surface area contributed by atoms with Crippen LogP contribution in [0.5, 0.6) is 5.75 Å². The van der Waals surface area contributed by atoms with Crippen LogP contribution < -0.4 is 14.4 Å². The quantitative estimate of drug-likeness (QED) is 0.225. The molecule has 10 heteroatoms. The average molecular weight is 638 g/mol. The molecule has 0 spiro atoms. The van der Waals surface area contributed by atoms with Crippen molar-refractivity contribution in [2.75, 3.05) is 23.7 Å². The maximum Gasteiger partial charge on any atom is 0.243 e. The first kappa shape index (κ1) is 34.0. The van der Waals surface area contributed by atoms with Crippen LogP contribution in [-0.4, -0.2) is 56.6 Å². The summed E-state index contributed by atoms with van der Waals surface area (Å²) in [5.74, 6) is -0.439. The molecule has 0 heterocycles. The first-order valence-corrected chi connectivity index (χ1v) is 17.6. The molecule has 0 bridgehead atoms. The lowest BCUT2D eigenvalue weighted by molar-refractivity contribution is -0.141. The van der Waals surface area contributed by atoms with E-state index in [1.807, 2.05) is 37.3 Å². The van der Waals surface area contributed by atoms with Crippen LogP contribution >= 0.6 is 0 Å². The van der Waals surface area contributed by atoms with Crippen LogP contribution in [0, 0.1) is 5.82 Å². The smallest absolute Gasteiger partial charge is 0.243 e. The summed E-state index contributed by atoms with van der Waals surface area (Å²) < 4.78 is 47.1. The number of halogens is 1. The molecule has 1 saturated carbocycles. The molecule has 0 unspecified atom stereocenters. The standard InChI is InChI=1S/C35H44FN3O5S/c1-3-44-31-22-20-30(21-23-31)39(45(2,42)43)24-12-19-34(40)38(26-28-15-10-11-18-32(28)36)33(25-27-13-6-4-7-14-27)35(41)37-29-16-8-5-9-17-29/h4,6-7,10-11,13-15,18,20-23,29,33H,3,5,8-9,12,16-17,19,24-26H2,1-2H3,(H,37,41)/t33-/m0/s1. The van der Waals surface area contributed by atoms with Crippen molar-refractivity contribution in [1.82, 2.24) is 10.2 Å². The van der Waals surface area contributed by atoms with Crippen molar-refractivity contribution in [2.24, 2.45) is 0 Å². The van der Waals surface area contributed by atoms with E-state index in [4.69, 9.17) is 4.74 Å². The second-order valence-corrected chi connectivity index (χ2v) is 13.4. The summed E-state index contributed by atoms with van der Waals surface area (Å²) in [6.45, 7) is 2.33. The Labute approximate surface area is 266 Å². The minimum atomic E-state index is -3.65. The minimum Gasteiger partial charge on any atom is -0.494 e. The molecule has 0 saturated heterocycles. The number of nitrogens with zero attached hydrogens (tertiary/aromatic N) is 2. The van der Waals surface area contributed by atoms with E-state index in [-0.39, 0.29) is 50.2 Å². The van der Waals surface area contributed by atoms with Gasteiger partial charge in [0.2, 0.25) is 21.8 Å². The lowest BCUT2D eigenvalue weighted by atomic mass is 9.94. The van der Waals surface area contributed by atoms with Gasteiger partial charge >= 0.3 is 0 Å². The molecule has 242 valence electrons. The third-order valence-corrected chi connectivity index (χ3v) is 9.30. The summed E-state index contributed by atoms with van der Waals surface area (Å²) in [4.78, 5) is 29.4. The SMILES string of the molecule is CCOc1ccc(N(CCCC(=O)N(Cc2ccccc2F)[C@@H](Cc2ccccc2)C(=O)NC2CCCCC2)S(C)(=O)=O)cc1. The predicted octanol–water partition coefficient (Wildman–Crippen LogP) is 5.86. The van der Waals surface area contributed by atoms with E-state index in [1.54, 1.807) is 42.5 Å². The van der Waals surface area contributed by atoms with Crippen molar-refractivity contribution >= 4 is 27.5 Å². The molecular formula is C35H44FN3O5S. The number of ether oxygens (including phenoxy) is 1. The fourth-order valence-electron chi connectivity index (χ4n) is 5.79. The van der Waals surface area contributed by atoms with Gasteiger partial charge < -0.3 is 15.0 Å². The Morgan fingerprint density at radius 1 is 0.956 bits per heavy atom. The molecule has 2 amide bonds. The lowest BCUT2D eigenvalue weighted by Crippen LogP contribution is -2.53. The van der Waals surface area contributed by atoms with Crippen LogP contribution in [0.15, 0.2) is 78.9 Å². The second-order valence-electron chi connectivity index (χ2n) is 11.5. The first-order valence-electron chi connectivity index (χ1n) is 15.7. The third kappa shape index (κ3) is 10.0. The Morgan fingerprint density at radius 3 is 2.27 bits per heavy atom. The molecule has 0 radical (unpaired) electrons. The molecule has 1 aliphatic rings. The van der Waals surface area contributed by atoms with E-state index >= 15 is 0 Å². The van der Waals surface area contributed by atoms with Crippen molar-refractivity contribution in [3.05, 3.63) is 95.8 Å². The Hall–Kier alpha value is -3.92. The fourth-order valence-corrected chi connectivity index (χ4v) is 6.75. The van der Waals surface area contributed by atoms with Gasteiger partial charge in [0.25, 0.3) is 0 Å². The van der Waals surface area contributed by atoms with E-state index < -0.39 is 21.9 Å². The van der Waals surface area contributed by atoms with Gasteiger partial charge in [-0.2, -0.15) is 0 Å².